The highest BCUT2D eigenvalue weighted by Gasteiger charge is 2.31. The van der Waals surface area contributed by atoms with Crippen molar-refractivity contribution in [2.45, 2.75) is 19.3 Å². The van der Waals surface area contributed by atoms with E-state index in [4.69, 9.17) is 11.6 Å². The predicted molar refractivity (Wildman–Crippen MR) is 67.4 cm³/mol. The lowest BCUT2D eigenvalue weighted by atomic mass is 10.1. The predicted octanol–water partition coefficient (Wildman–Crippen LogP) is 3.17. The van der Waals surface area contributed by atoms with Crippen LogP contribution in [0.3, 0.4) is 0 Å². The molecule has 0 N–H and O–H groups in total. The van der Waals surface area contributed by atoms with E-state index < -0.39 is 6.36 Å². The van der Waals surface area contributed by atoms with Gasteiger partial charge in [-0.05, 0) is 23.6 Å². The summed E-state index contributed by atoms with van der Waals surface area (Å²) in [6, 6.07) is 5.51. The number of alkyl halides is 4. The van der Waals surface area contributed by atoms with Crippen LogP contribution in [0.4, 0.5) is 13.2 Å². The van der Waals surface area contributed by atoms with Gasteiger partial charge in [-0.1, -0.05) is 12.1 Å². The number of amides is 1. The van der Waals surface area contributed by atoms with E-state index in [9.17, 15) is 18.0 Å². The average molecular weight is 308 g/mol. The number of hydrogen-bond donors (Lipinski definition) is 0. The molecule has 1 aliphatic heterocycles. The van der Waals surface area contributed by atoms with Gasteiger partial charge in [-0.3, -0.25) is 4.79 Å². The average Bonchev–Trinajstić information content (AvgIpc) is 2.71. The Morgan fingerprint density at radius 3 is 2.45 bits per heavy atom. The first-order valence-corrected chi connectivity index (χ1v) is 6.59. The van der Waals surface area contributed by atoms with Crippen molar-refractivity contribution in [1.82, 2.24) is 4.90 Å². The van der Waals surface area contributed by atoms with Crippen LogP contribution in [0.2, 0.25) is 0 Å². The van der Waals surface area contributed by atoms with Gasteiger partial charge < -0.3 is 9.64 Å². The van der Waals surface area contributed by atoms with Gasteiger partial charge in [0, 0.05) is 25.4 Å². The molecule has 1 atom stereocenters. The molecule has 20 heavy (non-hydrogen) atoms. The molecular weight excluding hydrogens is 295 g/mol. The van der Waals surface area contributed by atoms with E-state index in [0.29, 0.717) is 25.4 Å². The third-order valence-corrected chi connectivity index (χ3v) is 3.48. The van der Waals surface area contributed by atoms with E-state index >= 15 is 0 Å². The highest BCUT2D eigenvalue weighted by Crippen LogP contribution is 2.24. The highest BCUT2D eigenvalue weighted by molar-refractivity contribution is 6.18. The topological polar surface area (TPSA) is 29.5 Å². The van der Waals surface area contributed by atoms with Crippen LogP contribution in [-0.4, -0.2) is 29.6 Å². The Morgan fingerprint density at radius 1 is 1.30 bits per heavy atom. The first-order valence-electron chi connectivity index (χ1n) is 6.06. The number of halogens is 4. The van der Waals surface area contributed by atoms with E-state index in [1.165, 1.54) is 24.3 Å². The minimum Gasteiger partial charge on any atom is -0.406 e. The molecule has 1 heterocycles. The molecule has 1 fully saturated rings. The number of likely N-dealkylation sites (tertiary alicyclic amines) is 1. The number of ether oxygens (including phenoxy) is 1. The summed E-state index contributed by atoms with van der Waals surface area (Å²) in [5.41, 5.74) is 0.753. The molecule has 1 aromatic rings. The van der Waals surface area contributed by atoms with Crippen molar-refractivity contribution in [2.75, 3.05) is 12.4 Å². The molecule has 7 heteroatoms. The molecule has 0 spiro atoms. The molecule has 0 radical (unpaired) electrons. The molecular formula is C13H13ClF3NO2. The van der Waals surface area contributed by atoms with Crippen LogP contribution in [0.15, 0.2) is 24.3 Å². The van der Waals surface area contributed by atoms with Gasteiger partial charge in [0.05, 0.1) is 0 Å². The number of nitrogens with zero attached hydrogens (tertiary/aromatic N) is 1. The maximum Gasteiger partial charge on any atom is 0.573 e. The molecule has 1 aliphatic rings. The van der Waals surface area contributed by atoms with Crippen LogP contribution in [0, 0.1) is 5.92 Å². The lowest BCUT2D eigenvalue weighted by Gasteiger charge is -2.16. The second kappa shape index (κ2) is 5.91. The Hall–Kier alpha value is -1.43. The lowest BCUT2D eigenvalue weighted by molar-refractivity contribution is -0.274. The molecule has 1 saturated heterocycles. The minimum atomic E-state index is -4.69. The summed E-state index contributed by atoms with van der Waals surface area (Å²) < 4.78 is 39.8. The number of benzene rings is 1. The van der Waals surface area contributed by atoms with Crippen LogP contribution in [0.1, 0.15) is 12.0 Å². The van der Waals surface area contributed by atoms with Crippen LogP contribution < -0.4 is 4.74 Å². The first kappa shape index (κ1) is 15.0. The monoisotopic (exact) mass is 307 g/mol. The molecule has 3 nitrogen and oxygen atoms in total. The minimum absolute atomic E-state index is 0.0197. The third-order valence-electron chi connectivity index (χ3n) is 3.04. The molecule has 1 unspecified atom stereocenters. The lowest BCUT2D eigenvalue weighted by Crippen LogP contribution is -2.24. The first-order chi connectivity index (χ1) is 9.37. The van der Waals surface area contributed by atoms with Crippen molar-refractivity contribution >= 4 is 17.5 Å². The Morgan fingerprint density at radius 2 is 1.95 bits per heavy atom. The van der Waals surface area contributed by atoms with Gasteiger partial charge in [0.1, 0.15) is 5.75 Å². The largest absolute Gasteiger partial charge is 0.573 e. The van der Waals surface area contributed by atoms with E-state index in [0.717, 1.165) is 5.56 Å². The number of carbonyl (C=O) groups excluding carboxylic acids is 1. The number of hydrogen-bond acceptors (Lipinski definition) is 2. The van der Waals surface area contributed by atoms with Gasteiger partial charge in [0.25, 0.3) is 0 Å². The van der Waals surface area contributed by atoms with Gasteiger partial charge >= 0.3 is 6.36 Å². The van der Waals surface area contributed by atoms with Crippen LogP contribution in [0.25, 0.3) is 0 Å². The smallest absolute Gasteiger partial charge is 0.406 e. The zero-order valence-electron chi connectivity index (χ0n) is 10.5. The third kappa shape index (κ3) is 4.03. The number of rotatable bonds is 4. The fourth-order valence-electron chi connectivity index (χ4n) is 2.13. The van der Waals surface area contributed by atoms with Crippen molar-refractivity contribution in [1.29, 1.82) is 0 Å². The van der Waals surface area contributed by atoms with Crippen LogP contribution >= 0.6 is 11.6 Å². The normalized spacial score (nSPS) is 19.5. The van der Waals surface area contributed by atoms with E-state index in [1.54, 1.807) is 4.90 Å². The zero-order valence-corrected chi connectivity index (χ0v) is 11.2. The Labute approximate surface area is 119 Å². The summed E-state index contributed by atoms with van der Waals surface area (Å²) in [5.74, 6) is 0.330. The molecule has 0 saturated carbocycles. The molecule has 0 aliphatic carbocycles. The summed E-state index contributed by atoms with van der Waals surface area (Å²) in [6.45, 7) is 0.960. The van der Waals surface area contributed by atoms with Crippen molar-refractivity contribution < 1.29 is 22.7 Å². The SMILES string of the molecule is O=C1CC(CCl)CN1Cc1ccc(OC(F)(F)F)cc1. The van der Waals surface area contributed by atoms with Crippen molar-refractivity contribution in [2.24, 2.45) is 5.92 Å². The van der Waals surface area contributed by atoms with E-state index in [-0.39, 0.29) is 17.6 Å². The summed E-state index contributed by atoms with van der Waals surface area (Å²) in [5, 5.41) is 0. The van der Waals surface area contributed by atoms with E-state index in [2.05, 4.69) is 4.74 Å². The second-order valence-corrected chi connectivity index (χ2v) is 5.00. The fourth-order valence-corrected chi connectivity index (χ4v) is 2.33. The van der Waals surface area contributed by atoms with Gasteiger partial charge in [0.15, 0.2) is 0 Å². The summed E-state index contributed by atoms with van der Waals surface area (Å²) in [7, 11) is 0. The number of carbonyl (C=O) groups is 1. The Balaban J connectivity index is 1.96. The standard InChI is InChI=1S/C13H13ClF3NO2/c14-6-10-5-12(19)18(8-10)7-9-1-3-11(4-2-9)20-13(15,16)17/h1-4,10H,5-8H2. The van der Waals surface area contributed by atoms with Crippen LogP contribution in [-0.2, 0) is 11.3 Å². The maximum atomic E-state index is 12.0. The molecule has 0 aromatic heterocycles. The second-order valence-electron chi connectivity index (χ2n) is 4.69. The van der Waals surface area contributed by atoms with Crippen molar-refractivity contribution in [3.63, 3.8) is 0 Å². The van der Waals surface area contributed by atoms with Gasteiger partial charge in [0.2, 0.25) is 5.91 Å². The molecule has 1 aromatic carbocycles. The van der Waals surface area contributed by atoms with Gasteiger partial charge in [-0.15, -0.1) is 24.8 Å². The van der Waals surface area contributed by atoms with Crippen molar-refractivity contribution in [3.05, 3.63) is 29.8 Å². The fraction of sp³-hybridized carbons (Fsp3) is 0.462. The maximum absolute atomic E-state index is 12.0. The Bertz CT molecular complexity index is 475. The highest BCUT2D eigenvalue weighted by atomic mass is 35.5. The molecule has 2 rings (SSSR count). The quantitative estimate of drug-likeness (QED) is 0.800. The Kier molecular flexibility index (Phi) is 4.42. The zero-order chi connectivity index (χ0) is 14.8. The van der Waals surface area contributed by atoms with Gasteiger partial charge in [-0.2, -0.15) is 0 Å². The molecule has 1 amide bonds. The van der Waals surface area contributed by atoms with E-state index in [1.807, 2.05) is 0 Å². The summed E-state index contributed by atoms with van der Waals surface area (Å²) in [4.78, 5) is 13.4. The summed E-state index contributed by atoms with van der Waals surface area (Å²) in [6.07, 6.45) is -4.27. The molecule has 0 bridgehead atoms. The van der Waals surface area contributed by atoms with Gasteiger partial charge in [-0.25, -0.2) is 0 Å². The van der Waals surface area contributed by atoms with Crippen LogP contribution in [0.5, 0.6) is 5.75 Å². The summed E-state index contributed by atoms with van der Waals surface area (Å²) >= 11 is 5.72. The molecule has 110 valence electrons. The van der Waals surface area contributed by atoms with Crippen molar-refractivity contribution in [3.8, 4) is 5.75 Å².